The van der Waals surface area contributed by atoms with Crippen molar-refractivity contribution in [2.75, 3.05) is 18.5 Å². The van der Waals surface area contributed by atoms with Crippen molar-refractivity contribution in [1.82, 2.24) is 9.97 Å². The molecule has 2 aromatic heterocycles. The van der Waals surface area contributed by atoms with E-state index >= 15 is 0 Å². The second-order valence-corrected chi connectivity index (χ2v) is 4.38. The number of thiazole rings is 1. The maximum Gasteiger partial charge on any atom is 0.215 e. The van der Waals surface area contributed by atoms with Crippen LogP contribution in [0.25, 0.3) is 0 Å². The number of rotatable bonds is 6. The minimum Gasteiger partial charge on any atom is -0.478 e. The summed E-state index contributed by atoms with van der Waals surface area (Å²) in [5, 5.41) is 6.38. The molecule has 0 aromatic carbocycles. The number of anilines is 1. The van der Waals surface area contributed by atoms with E-state index in [4.69, 9.17) is 4.74 Å². The van der Waals surface area contributed by atoms with Gasteiger partial charge in [-0.05, 0) is 13.0 Å². The molecule has 0 saturated heterocycles. The molecule has 0 amide bonds. The van der Waals surface area contributed by atoms with E-state index in [1.165, 1.54) is 0 Å². The van der Waals surface area contributed by atoms with E-state index in [-0.39, 0.29) is 0 Å². The van der Waals surface area contributed by atoms with Crippen molar-refractivity contribution in [2.45, 2.75) is 13.3 Å². The van der Waals surface area contributed by atoms with Crippen LogP contribution in [0.5, 0.6) is 5.88 Å². The van der Waals surface area contributed by atoms with Gasteiger partial charge in [-0.1, -0.05) is 6.07 Å². The van der Waals surface area contributed by atoms with Gasteiger partial charge in [-0.3, -0.25) is 0 Å². The molecule has 0 aliphatic heterocycles. The van der Waals surface area contributed by atoms with Gasteiger partial charge >= 0.3 is 0 Å². The molecule has 90 valence electrons. The normalized spacial score (nSPS) is 10.2. The van der Waals surface area contributed by atoms with Crippen LogP contribution < -0.4 is 10.1 Å². The van der Waals surface area contributed by atoms with Crippen molar-refractivity contribution in [1.29, 1.82) is 0 Å². The average molecular weight is 249 g/mol. The molecule has 0 unspecified atom stereocenters. The first-order chi connectivity index (χ1) is 8.38. The highest BCUT2D eigenvalue weighted by molar-refractivity contribution is 7.09. The first-order valence-electron chi connectivity index (χ1n) is 5.60. The smallest absolute Gasteiger partial charge is 0.215 e. The predicted octanol–water partition coefficient (Wildman–Crippen LogP) is 2.59. The van der Waals surface area contributed by atoms with E-state index in [2.05, 4.69) is 15.3 Å². The van der Waals surface area contributed by atoms with E-state index in [0.29, 0.717) is 12.5 Å². The van der Waals surface area contributed by atoms with Crippen molar-refractivity contribution in [3.8, 4) is 5.88 Å². The Morgan fingerprint density at radius 3 is 3.12 bits per heavy atom. The van der Waals surface area contributed by atoms with Gasteiger partial charge in [0.2, 0.25) is 5.88 Å². The molecule has 2 aromatic rings. The standard InChI is InChI=1S/C12H15N3OS/c1-2-16-11-5-3-4-10(15-11)13-7-6-12-14-8-9-17-12/h3-5,8-9H,2,6-7H2,1H3,(H,13,15). The van der Waals surface area contributed by atoms with E-state index in [1.807, 2.05) is 36.7 Å². The third-order valence-corrected chi connectivity index (χ3v) is 2.98. The van der Waals surface area contributed by atoms with Crippen molar-refractivity contribution in [3.05, 3.63) is 34.8 Å². The molecule has 0 aliphatic rings. The summed E-state index contributed by atoms with van der Waals surface area (Å²) < 4.78 is 5.34. The van der Waals surface area contributed by atoms with Gasteiger partial charge in [-0.15, -0.1) is 11.3 Å². The van der Waals surface area contributed by atoms with E-state index < -0.39 is 0 Å². The van der Waals surface area contributed by atoms with E-state index in [9.17, 15) is 0 Å². The van der Waals surface area contributed by atoms with Gasteiger partial charge < -0.3 is 10.1 Å². The Kier molecular flexibility index (Phi) is 4.32. The number of hydrogen-bond donors (Lipinski definition) is 1. The third-order valence-electron chi connectivity index (χ3n) is 2.14. The summed E-state index contributed by atoms with van der Waals surface area (Å²) in [4.78, 5) is 8.56. The molecule has 2 rings (SSSR count). The average Bonchev–Trinajstić information content (AvgIpc) is 2.83. The first-order valence-corrected chi connectivity index (χ1v) is 6.48. The van der Waals surface area contributed by atoms with Crippen molar-refractivity contribution in [2.24, 2.45) is 0 Å². The van der Waals surface area contributed by atoms with Gasteiger partial charge in [-0.2, -0.15) is 4.98 Å². The molecule has 0 saturated carbocycles. The van der Waals surface area contributed by atoms with Gasteiger partial charge in [0.25, 0.3) is 0 Å². The van der Waals surface area contributed by atoms with Crippen LogP contribution in [0.15, 0.2) is 29.8 Å². The Balaban J connectivity index is 1.84. The second kappa shape index (κ2) is 6.20. The highest BCUT2D eigenvalue weighted by Crippen LogP contribution is 2.11. The lowest BCUT2D eigenvalue weighted by molar-refractivity contribution is 0.327. The van der Waals surface area contributed by atoms with Gasteiger partial charge in [0.1, 0.15) is 5.82 Å². The number of hydrogen-bond acceptors (Lipinski definition) is 5. The second-order valence-electron chi connectivity index (χ2n) is 3.40. The van der Waals surface area contributed by atoms with Crippen LogP contribution in [0.1, 0.15) is 11.9 Å². The van der Waals surface area contributed by atoms with Crippen molar-refractivity contribution < 1.29 is 4.74 Å². The first kappa shape index (κ1) is 11.9. The lowest BCUT2D eigenvalue weighted by atomic mass is 10.4. The van der Waals surface area contributed by atoms with E-state index in [0.717, 1.165) is 23.8 Å². The van der Waals surface area contributed by atoms with Gasteiger partial charge in [0.05, 0.1) is 11.6 Å². The molecule has 17 heavy (non-hydrogen) atoms. The highest BCUT2D eigenvalue weighted by Gasteiger charge is 1.99. The molecular formula is C12H15N3OS. The number of pyridine rings is 1. The Labute approximate surface area is 105 Å². The number of nitrogens with zero attached hydrogens (tertiary/aromatic N) is 2. The molecule has 0 aliphatic carbocycles. The van der Waals surface area contributed by atoms with Gasteiger partial charge in [0, 0.05) is 30.6 Å². The molecule has 0 bridgehead atoms. The van der Waals surface area contributed by atoms with Crippen molar-refractivity contribution in [3.63, 3.8) is 0 Å². The fraction of sp³-hybridized carbons (Fsp3) is 0.333. The van der Waals surface area contributed by atoms with Crippen LogP contribution in [-0.4, -0.2) is 23.1 Å². The quantitative estimate of drug-likeness (QED) is 0.854. The Morgan fingerprint density at radius 2 is 2.35 bits per heavy atom. The summed E-state index contributed by atoms with van der Waals surface area (Å²) in [6.07, 6.45) is 2.74. The molecule has 1 N–H and O–H groups in total. The Bertz CT molecular complexity index is 445. The molecular weight excluding hydrogens is 234 g/mol. The zero-order chi connectivity index (χ0) is 11.9. The Morgan fingerprint density at radius 1 is 1.41 bits per heavy atom. The molecule has 0 fully saturated rings. The monoisotopic (exact) mass is 249 g/mol. The Hall–Kier alpha value is -1.62. The molecule has 5 heteroatoms. The number of aromatic nitrogens is 2. The molecule has 4 nitrogen and oxygen atoms in total. The largest absolute Gasteiger partial charge is 0.478 e. The maximum atomic E-state index is 5.34. The summed E-state index contributed by atoms with van der Waals surface area (Å²) >= 11 is 1.67. The fourth-order valence-electron chi connectivity index (χ4n) is 1.42. The molecule has 2 heterocycles. The maximum absolute atomic E-state index is 5.34. The zero-order valence-corrected chi connectivity index (χ0v) is 10.5. The van der Waals surface area contributed by atoms with Crippen LogP contribution in [-0.2, 0) is 6.42 Å². The lowest BCUT2D eigenvalue weighted by Gasteiger charge is -2.06. The van der Waals surface area contributed by atoms with Gasteiger partial charge in [-0.25, -0.2) is 4.98 Å². The van der Waals surface area contributed by atoms with Crippen LogP contribution in [0.3, 0.4) is 0 Å². The van der Waals surface area contributed by atoms with Crippen LogP contribution in [0.2, 0.25) is 0 Å². The number of nitrogens with one attached hydrogen (secondary N) is 1. The van der Waals surface area contributed by atoms with Gasteiger partial charge in [0.15, 0.2) is 0 Å². The summed E-state index contributed by atoms with van der Waals surface area (Å²) in [6.45, 7) is 3.41. The summed E-state index contributed by atoms with van der Waals surface area (Å²) in [5.41, 5.74) is 0. The van der Waals surface area contributed by atoms with Crippen molar-refractivity contribution >= 4 is 17.2 Å². The zero-order valence-electron chi connectivity index (χ0n) is 9.72. The summed E-state index contributed by atoms with van der Waals surface area (Å²) in [7, 11) is 0. The van der Waals surface area contributed by atoms with E-state index in [1.54, 1.807) is 11.3 Å². The minimum absolute atomic E-state index is 0.634. The van der Waals surface area contributed by atoms with Crippen LogP contribution in [0, 0.1) is 0 Å². The minimum atomic E-state index is 0.634. The highest BCUT2D eigenvalue weighted by atomic mass is 32.1. The lowest BCUT2D eigenvalue weighted by Crippen LogP contribution is -2.06. The van der Waals surface area contributed by atoms with Crippen LogP contribution >= 0.6 is 11.3 Å². The number of ether oxygens (including phenoxy) is 1. The molecule has 0 radical (unpaired) electrons. The summed E-state index contributed by atoms with van der Waals surface area (Å²) in [5.74, 6) is 1.50. The topological polar surface area (TPSA) is 47.0 Å². The summed E-state index contributed by atoms with van der Waals surface area (Å²) in [6, 6.07) is 5.73. The van der Waals surface area contributed by atoms with Crippen LogP contribution in [0.4, 0.5) is 5.82 Å². The third kappa shape index (κ3) is 3.71. The SMILES string of the molecule is CCOc1cccc(NCCc2nccs2)n1. The molecule has 0 spiro atoms. The predicted molar refractivity (Wildman–Crippen MR) is 69.7 cm³/mol. The fourth-order valence-corrected chi connectivity index (χ4v) is 2.04. The molecule has 0 atom stereocenters.